The summed E-state index contributed by atoms with van der Waals surface area (Å²) in [6, 6.07) is 7.05. The number of piperidine rings is 1. The molecule has 0 aromatic heterocycles. The number of rotatable bonds is 6. The van der Waals surface area contributed by atoms with Gasteiger partial charge < -0.3 is 9.84 Å². The number of aliphatic carboxylic acids is 1. The van der Waals surface area contributed by atoms with Gasteiger partial charge in [0, 0.05) is 24.1 Å². The molecule has 0 radical (unpaired) electrons. The molecule has 2 bridgehead atoms. The summed E-state index contributed by atoms with van der Waals surface area (Å²) < 4.78 is 5.50. The van der Waals surface area contributed by atoms with Crippen LogP contribution in [0, 0.1) is 11.8 Å². The number of methoxy groups -OCH3 is 1. The highest BCUT2D eigenvalue weighted by molar-refractivity contribution is 5.79. The van der Waals surface area contributed by atoms with Crippen LogP contribution in [0.5, 0.6) is 5.75 Å². The number of likely N-dealkylation sites (tertiary alicyclic amines) is 1. The van der Waals surface area contributed by atoms with E-state index >= 15 is 0 Å². The standard InChI is InChI=1S/C22H29NO3/c1-15-20-12-17-7-8-18(26-2)13-19(17)22(15,9-3-4-21(24)25)10-11-23(20)14-16-5-6-16/h3-4,7-8,13,15-16,20H,5-6,9-12,14H2,1-2H3,(H,24,25)/t15-,20?,22-/m0/s1. The highest BCUT2D eigenvalue weighted by Crippen LogP contribution is 2.52. The third kappa shape index (κ3) is 3.05. The van der Waals surface area contributed by atoms with E-state index in [0.717, 1.165) is 37.5 Å². The first-order valence-electron chi connectivity index (χ1n) is 9.84. The SMILES string of the molecule is COc1ccc2c(c1)[C@@]1(CC=CC(=O)O)CCN(CC3CC3)C(C2)[C@@H]1C. The molecule has 1 N–H and O–H groups in total. The zero-order valence-electron chi connectivity index (χ0n) is 15.8. The van der Waals surface area contributed by atoms with E-state index in [1.54, 1.807) is 7.11 Å². The minimum atomic E-state index is -0.863. The van der Waals surface area contributed by atoms with Crippen molar-refractivity contribution in [3.63, 3.8) is 0 Å². The molecule has 2 fully saturated rings. The minimum Gasteiger partial charge on any atom is -0.497 e. The van der Waals surface area contributed by atoms with Crippen molar-refractivity contribution in [2.24, 2.45) is 11.8 Å². The lowest BCUT2D eigenvalue weighted by atomic mass is 9.56. The second kappa shape index (κ2) is 6.73. The Morgan fingerprint density at radius 1 is 1.42 bits per heavy atom. The van der Waals surface area contributed by atoms with Crippen LogP contribution in [-0.4, -0.2) is 42.2 Å². The third-order valence-electron chi connectivity index (χ3n) is 6.98. The normalized spacial score (nSPS) is 31.0. The fraction of sp³-hybridized carbons (Fsp3) is 0.591. The van der Waals surface area contributed by atoms with Gasteiger partial charge >= 0.3 is 5.97 Å². The van der Waals surface area contributed by atoms with Crippen LogP contribution in [0.2, 0.25) is 0 Å². The number of fused-ring (bicyclic) bond motifs is 4. The molecule has 1 saturated carbocycles. The van der Waals surface area contributed by atoms with Crippen LogP contribution in [0.3, 0.4) is 0 Å². The molecule has 26 heavy (non-hydrogen) atoms. The van der Waals surface area contributed by atoms with Crippen molar-refractivity contribution in [1.29, 1.82) is 0 Å². The van der Waals surface area contributed by atoms with Gasteiger partial charge in [0.25, 0.3) is 0 Å². The van der Waals surface area contributed by atoms with Gasteiger partial charge in [-0.3, -0.25) is 4.90 Å². The Morgan fingerprint density at radius 2 is 2.23 bits per heavy atom. The van der Waals surface area contributed by atoms with Crippen LogP contribution in [0.4, 0.5) is 0 Å². The van der Waals surface area contributed by atoms with Gasteiger partial charge in [0.15, 0.2) is 0 Å². The van der Waals surface area contributed by atoms with E-state index in [4.69, 9.17) is 9.84 Å². The second-order valence-electron chi connectivity index (χ2n) is 8.37. The maximum absolute atomic E-state index is 11.0. The highest BCUT2D eigenvalue weighted by Gasteiger charge is 2.51. The number of nitrogens with zero attached hydrogens (tertiary/aromatic N) is 1. The van der Waals surface area contributed by atoms with Crippen molar-refractivity contribution in [1.82, 2.24) is 4.90 Å². The van der Waals surface area contributed by atoms with Crippen molar-refractivity contribution in [3.05, 3.63) is 41.5 Å². The quantitative estimate of drug-likeness (QED) is 0.792. The Morgan fingerprint density at radius 3 is 2.92 bits per heavy atom. The van der Waals surface area contributed by atoms with E-state index in [1.165, 1.54) is 36.6 Å². The Bertz CT molecular complexity index is 724. The van der Waals surface area contributed by atoms with Crippen molar-refractivity contribution in [2.45, 2.75) is 50.5 Å². The number of carboxylic acids is 1. The monoisotopic (exact) mass is 355 g/mol. The number of ether oxygens (including phenoxy) is 1. The summed E-state index contributed by atoms with van der Waals surface area (Å²) in [6.07, 6.45) is 8.91. The summed E-state index contributed by atoms with van der Waals surface area (Å²) in [7, 11) is 1.71. The van der Waals surface area contributed by atoms with E-state index in [2.05, 4.69) is 30.0 Å². The van der Waals surface area contributed by atoms with Gasteiger partial charge in [-0.05, 0) is 73.7 Å². The molecule has 3 atom stereocenters. The zero-order valence-corrected chi connectivity index (χ0v) is 15.8. The summed E-state index contributed by atoms with van der Waals surface area (Å²) in [5.41, 5.74) is 2.80. The van der Waals surface area contributed by atoms with Crippen LogP contribution in [0.1, 0.15) is 43.7 Å². The molecule has 4 nitrogen and oxygen atoms in total. The number of allylic oxidation sites excluding steroid dienone is 1. The first-order chi connectivity index (χ1) is 12.5. The molecule has 140 valence electrons. The predicted octanol–water partition coefficient (Wildman–Crippen LogP) is 3.64. The van der Waals surface area contributed by atoms with Crippen molar-refractivity contribution < 1.29 is 14.6 Å². The Balaban J connectivity index is 1.72. The van der Waals surface area contributed by atoms with Crippen LogP contribution in [0.25, 0.3) is 0 Å². The molecule has 1 aliphatic heterocycles. The highest BCUT2D eigenvalue weighted by atomic mass is 16.5. The van der Waals surface area contributed by atoms with Crippen molar-refractivity contribution >= 4 is 5.97 Å². The van der Waals surface area contributed by atoms with Gasteiger partial charge in [0.05, 0.1) is 7.11 Å². The molecule has 1 aromatic carbocycles. The average molecular weight is 355 g/mol. The number of benzene rings is 1. The molecule has 1 aromatic rings. The molecule has 3 aliphatic rings. The molecule has 0 spiro atoms. The number of carbonyl (C=O) groups is 1. The molecule has 1 unspecified atom stereocenters. The topological polar surface area (TPSA) is 49.8 Å². The Labute approximate surface area is 155 Å². The van der Waals surface area contributed by atoms with Crippen LogP contribution in [-0.2, 0) is 16.6 Å². The van der Waals surface area contributed by atoms with Gasteiger partial charge in [-0.1, -0.05) is 19.1 Å². The predicted molar refractivity (Wildman–Crippen MR) is 102 cm³/mol. The number of hydrogen-bond acceptors (Lipinski definition) is 3. The van der Waals surface area contributed by atoms with Gasteiger partial charge in [-0.2, -0.15) is 0 Å². The Kier molecular flexibility index (Phi) is 4.55. The maximum atomic E-state index is 11.0. The molecule has 0 amide bonds. The van der Waals surface area contributed by atoms with Crippen LogP contribution < -0.4 is 4.74 Å². The minimum absolute atomic E-state index is 0.0127. The smallest absolute Gasteiger partial charge is 0.327 e. The van der Waals surface area contributed by atoms with E-state index < -0.39 is 5.97 Å². The van der Waals surface area contributed by atoms with Gasteiger partial charge in [0.2, 0.25) is 0 Å². The molecule has 4 heteroatoms. The van der Waals surface area contributed by atoms with Crippen LogP contribution in [0.15, 0.2) is 30.4 Å². The fourth-order valence-corrected chi connectivity index (χ4v) is 5.28. The van der Waals surface area contributed by atoms with Crippen molar-refractivity contribution in [3.8, 4) is 5.75 Å². The zero-order chi connectivity index (χ0) is 18.3. The lowest BCUT2D eigenvalue weighted by Gasteiger charge is -2.56. The van der Waals surface area contributed by atoms with Gasteiger partial charge in [-0.15, -0.1) is 0 Å². The van der Waals surface area contributed by atoms with Gasteiger partial charge in [0.1, 0.15) is 5.75 Å². The maximum Gasteiger partial charge on any atom is 0.327 e. The van der Waals surface area contributed by atoms with Gasteiger partial charge in [-0.25, -0.2) is 4.79 Å². The number of carboxylic acid groups (broad SMARTS) is 1. The van der Waals surface area contributed by atoms with E-state index in [-0.39, 0.29) is 5.41 Å². The largest absolute Gasteiger partial charge is 0.497 e. The lowest BCUT2D eigenvalue weighted by Crippen LogP contribution is -2.59. The van der Waals surface area contributed by atoms with Crippen LogP contribution >= 0.6 is 0 Å². The van der Waals surface area contributed by atoms with Crippen molar-refractivity contribution in [2.75, 3.05) is 20.2 Å². The molecule has 4 rings (SSSR count). The number of hydrogen-bond donors (Lipinski definition) is 1. The fourth-order valence-electron chi connectivity index (χ4n) is 5.28. The first-order valence-corrected chi connectivity index (χ1v) is 9.84. The summed E-state index contributed by atoms with van der Waals surface area (Å²) in [5, 5.41) is 9.04. The summed E-state index contributed by atoms with van der Waals surface area (Å²) in [5.74, 6) is 1.45. The molecular weight excluding hydrogens is 326 g/mol. The summed E-state index contributed by atoms with van der Waals surface area (Å²) in [6.45, 7) is 4.73. The third-order valence-corrected chi connectivity index (χ3v) is 6.98. The Hall–Kier alpha value is -1.81. The molecule has 1 saturated heterocycles. The van der Waals surface area contributed by atoms with E-state index in [9.17, 15) is 4.79 Å². The molecule has 2 aliphatic carbocycles. The lowest BCUT2D eigenvalue weighted by molar-refractivity contribution is -0.131. The first kappa shape index (κ1) is 17.6. The molecule has 1 heterocycles. The summed E-state index contributed by atoms with van der Waals surface area (Å²) >= 11 is 0. The average Bonchev–Trinajstić information content (AvgIpc) is 3.43. The van der Waals surface area contributed by atoms with E-state index in [0.29, 0.717) is 12.0 Å². The summed E-state index contributed by atoms with van der Waals surface area (Å²) in [4.78, 5) is 13.7. The second-order valence-corrected chi connectivity index (χ2v) is 8.37. The molecular formula is C22H29NO3. The van der Waals surface area contributed by atoms with E-state index in [1.807, 2.05) is 6.08 Å².